The van der Waals surface area contributed by atoms with E-state index in [0.717, 1.165) is 6.29 Å². The molecule has 0 saturated heterocycles. The Morgan fingerprint density at radius 3 is 2.93 bits per heavy atom. The summed E-state index contributed by atoms with van der Waals surface area (Å²) in [6.07, 6.45) is 0.738. The molecule has 0 saturated carbocycles. The summed E-state index contributed by atoms with van der Waals surface area (Å²) in [6.45, 7) is 1.76. The number of nitrogens with zero attached hydrogens (tertiary/aromatic N) is 1. The van der Waals surface area contributed by atoms with Crippen molar-refractivity contribution in [2.24, 2.45) is 0 Å². The Hall–Kier alpha value is -1.84. The summed E-state index contributed by atoms with van der Waals surface area (Å²) in [7, 11) is 1.51. The molecule has 2 rings (SSSR count). The number of rotatable bonds is 2. The van der Waals surface area contributed by atoms with Gasteiger partial charge in [-0.25, -0.2) is 4.98 Å². The van der Waals surface area contributed by atoms with Gasteiger partial charge in [-0.15, -0.1) is 0 Å². The summed E-state index contributed by atoms with van der Waals surface area (Å²) in [4.78, 5) is 14.8. The van der Waals surface area contributed by atoms with Gasteiger partial charge in [-0.1, -0.05) is 0 Å². The molecule has 0 N–H and O–H groups in total. The molecule has 4 heteroatoms. The lowest BCUT2D eigenvalue weighted by atomic mass is 10.2. The molecule has 0 radical (unpaired) electrons. The van der Waals surface area contributed by atoms with Gasteiger partial charge in [0.1, 0.15) is 11.3 Å². The van der Waals surface area contributed by atoms with Crippen molar-refractivity contribution in [1.29, 1.82) is 0 Å². The van der Waals surface area contributed by atoms with E-state index in [1.807, 2.05) is 0 Å². The molecule has 0 aliphatic rings. The molecular weight excluding hydrogens is 182 g/mol. The van der Waals surface area contributed by atoms with Crippen LogP contribution in [-0.2, 0) is 0 Å². The number of carbonyl (C=O) groups is 1. The fraction of sp³-hybridized carbons (Fsp3) is 0.200. The standard InChI is InChI=1S/C10H9NO3/c1-6-11-8-3-7(5-12)9(13-2)4-10(8)14-6/h3-5H,1-2H3. The topological polar surface area (TPSA) is 52.3 Å². The third kappa shape index (κ3) is 1.25. The molecular formula is C10H9NO3. The van der Waals surface area contributed by atoms with Gasteiger partial charge in [0.25, 0.3) is 0 Å². The predicted octanol–water partition coefficient (Wildman–Crippen LogP) is 1.96. The molecule has 14 heavy (non-hydrogen) atoms. The SMILES string of the molecule is COc1cc2oc(C)nc2cc1C=O. The van der Waals surface area contributed by atoms with Crippen molar-refractivity contribution in [1.82, 2.24) is 4.98 Å². The molecule has 2 aromatic rings. The maximum absolute atomic E-state index is 10.7. The maximum Gasteiger partial charge on any atom is 0.192 e. The van der Waals surface area contributed by atoms with E-state index < -0.39 is 0 Å². The fourth-order valence-electron chi connectivity index (χ4n) is 1.36. The van der Waals surface area contributed by atoms with Crippen molar-refractivity contribution in [2.45, 2.75) is 6.92 Å². The zero-order valence-corrected chi connectivity index (χ0v) is 7.90. The Kier molecular flexibility index (Phi) is 1.96. The predicted molar refractivity (Wildman–Crippen MR) is 50.7 cm³/mol. The first kappa shape index (κ1) is 8.74. The van der Waals surface area contributed by atoms with Crippen LogP contribution >= 0.6 is 0 Å². The summed E-state index contributed by atoms with van der Waals surface area (Å²) in [5.74, 6) is 1.08. The monoisotopic (exact) mass is 191 g/mol. The van der Waals surface area contributed by atoms with E-state index in [4.69, 9.17) is 9.15 Å². The first-order valence-electron chi connectivity index (χ1n) is 4.15. The zero-order chi connectivity index (χ0) is 10.1. The first-order valence-corrected chi connectivity index (χ1v) is 4.15. The number of hydrogen-bond donors (Lipinski definition) is 0. The highest BCUT2D eigenvalue weighted by Crippen LogP contribution is 2.24. The van der Waals surface area contributed by atoms with Gasteiger partial charge >= 0.3 is 0 Å². The lowest BCUT2D eigenvalue weighted by Gasteiger charge is -2.01. The number of benzene rings is 1. The third-order valence-electron chi connectivity index (χ3n) is 1.97. The van der Waals surface area contributed by atoms with Gasteiger partial charge in [-0.2, -0.15) is 0 Å². The second kappa shape index (κ2) is 3.14. The minimum Gasteiger partial charge on any atom is -0.496 e. The average Bonchev–Trinajstić information content (AvgIpc) is 2.54. The van der Waals surface area contributed by atoms with Crippen LogP contribution in [0.15, 0.2) is 16.5 Å². The van der Waals surface area contributed by atoms with E-state index in [1.54, 1.807) is 19.1 Å². The van der Waals surface area contributed by atoms with Crippen LogP contribution in [0.2, 0.25) is 0 Å². The summed E-state index contributed by atoms with van der Waals surface area (Å²) in [5, 5.41) is 0. The van der Waals surface area contributed by atoms with E-state index in [2.05, 4.69) is 4.98 Å². The molecule has 1 aromatic carbocycles. The van der Waals surface area contributed by atoms with E-state index in [0.29, 0.717) is 28.3 Å². The average molecular weight is 191 g/mol. The lowest BCUT2D eigenvalue weighted by Crippen LogP contribution is -1.89. The molecule has 0 amide bonds. The summed E-state index contributed by atoms with van der Waals surface area (Å²) in [5.41, 5.74) is 1.78. The molecule has 0 spiro atoms. The fourth-order valence-corrected chi connectivity index (χ4v) is 1.36. The number of hydrogen-bond acceptors (Lipinski definition) is 4. The summed E-state index contributed by atoms with van der Waals surface area (Å²) < 4.78 is 10.3. The Bertz CT molecular complexity index is 487. The van der Waals surface area contributed by atoms with Crippen LogP contribution in [0.3, 0.4) is 0 Å². The van der Waals surface area contributed by atoms with Crippen LogP contribution in [0.25, 0.3) is 11.1 Å². The Morgan fingerprint density at radius 2 is 2.29 bits per heavy atom. The van der Waals surface area contributed by atoms with Crippen LogP contribution in [0, 0.1) is 6.92 Å². The van der Waals surface area contributed by atoms with Crippen LogP contribution in [0.1, 0.15) is 16.2 Å². The van der Waals surface area contributed by atoms with Gasteiger partial charge in [0.15, 0.2) is 17.8 Å². The zero-order valence-electron chi connectivity index (χ0n) is 7.90. The molecule has 72 valence electrons. The molecule has 1 heterocycles. The smallest absolute Gasteiger partial charge is 0.192 e. The van der Waals surface area contributed by atoms with Gasteiger partial charge in [0.2, 0.25) is 0 Å². The van der Waals surface area contributed by atoms with Crippen molar-refractivity contribution < 1.29 is 13.9 Å². The minimum atomic E-state index is 0.480. The third-order valence-corrected chi connectivity index (χ3v) is 1.97. The van der Waals surface area contributed by atoms with Crippen LogP contribution < -0.4 is 4.74 Å². The Balaban J connectivity index is 2.74. The van der Waals surface area contributed by atoms with Gasteiger partial charge in [0, 0.05) is 13.0 Å². The second-order valence-corrected chi connectivity index (χ2v) is 2.91. The Labute approximate surface area is 80.5 Å². The van der Waals surface area contributed by atoms with Gasteiger partial charge in [-0.3, -0.25) is 4.79 Å². The second-order valence-electron chi connectivity index (χ2n) is 2.91. The highest BCUT2D eigenvalue weighted by Gasteiger charge is 2.08. The number of aromatic nitrogens is 1. The number of aryl methyl sites for hydroxylation is 1. The molecule has 4 nitrogen and oxygen atoms in total. The number of ether oxygens (including phenoxy) is 1. The van der Waals surface area contributed by atoms with Gasteiger partial charge in [-0.05, 0) is 6.07 Å². The molecule has 0 bridgehead atoms. The van der Waals surface area contributed by atoms with Crippen LogP contribution in [-0.4, -0.2) is 18.4 Å². The Morgan fingerprint density at radius 1 is 1.50 bits per heavy atom. The minimum absolute atomic E-state index is 0.480. The largest absolute Gasteiger partial charge is 0.496 e. The van der Waals surface area contributed by atoms with E-state index in [9.17, 15) is 4.79 Å². The molecule has 0 atom stereocenters. The highest BCUT2D eigenvalue weighted by atomic mass is 16.5. The molecule has 1 aromatic heterocycles. The van der Waals surface area contributed by atoms with Crippen molar-refractivity contribution in [3.05, 3.63) is 23.6 Å². The number of oxazole rings is 1. The first-order chi connectivity index (χ1) is 6.74. The van der Waals surface area contributed by atoms with Crippen molar-refractivity contribution in [3.63, 3.8) is 0 Å². The number of fused-ring (bicyclic) bond motifs is 1. The molecule has 0 unspecified atom stereocenters. The number of aldehydes is 1. The maximum atomic E-state index is 10.7. The number of carbonyl (C=O) groups excluding carboxylic acids is 1. The number of methoxy groups -OCH3 is 1. The van der Waals surface area contributed by atoms with E-state index in [-0.39, 0.29) is 0 Å². The van der Waals surface area contributed by atoms with Crippen molar-refractivity contribution in [2.75, 3.05) is 7.11 Å². The van der Waals surface area contributed by atoms with E-state index >= 15 is 0 Å². The molecule has 0 fully saturated rings. The van der Waals surface area contributed by atoms with E-state index in [1.165, 1.54) is 7.11 Å². The van der Waals surface area contributed by atoms with Gasteiger partial charge < -0.3 is 9.15 Å². The summed E-state index contributed by atoms with van der Waals surface area (Å²) >= 11 is 0. The normalized spacial score (nSPS) is 10.4. The van der Waals surface area contributed by atoms with Crippen molar-refractivity contribution in [3.8, 4) is 5.75 Å². The van der Waals surface area contributed by atoms with Crippen molar-refractivity contribution >= 4 is 17.4 Å². The molecule has 0 aliphatic carbocycles. The van der Waals surface area contributed by atoms with Gasteiger partial charge in [0.05, 0.1) is 12.7 Å². The van der Waals surface area contributed by atoms with Crippen LogP contribution in [0.5, 0.6) is 5.75 Å². The molecule has 0 aliphatic heterocycles. The quantitative estimate of drug-likeness (QED) is 0.681. The highest BCUT2D eigenvalue weighted by molar-refractivity contribution is 5.87. The van der Waals surface area contributed by atoms with Crippen LogP contribution in [0.4, 0.5) is 0 Å². The summed E-state index contributed by atoms with van der Waals surface area (Å²) in [6, 6.07) is 3.32. The lowest BCUT2D eigenvalue weighted by molar-refractivity contribution is 0.112.